The number of aryl methyl sites for hydroxylation is 2. The molecule has 1 aromatic carbocycles. The average molecular weight is 396 g/mol. The van der Waals surface area contributed by atoms with Gasteiger partial charge < -0.3 is 9.64 Å². The normalized spacial score (nSPS) is 31.9. The van der Waals surface area contributed by atoms with Crippen molar-refractivity contribution in [1.29, 1.82) is 0 Å². The Bertz CT molecular complexity index is 890. The number of thiazole rings is 1. The highest BCUT2D eigenvalue weighted by Crippen LogP contribution is 2.51. The number of amides is 1. The molecule has 0 radical (unpaired) electrons. The highest BCUT2D eigenvalue weighted by molar-refractivity contribution is 7.11. The minimum atomic E-state index is -0.436. The van der Waals surface area contributed by atoms with Gasteiger partial charge in [0, 0.05) is 24.3 Å². The smallest absolute Gasteiger partial charge is 0.226 e. The second kappa shape index (κ2) is 6.37. The maximum Gasteiger partial charge on any atom is 0.226 e. The molecule has 0 saturated carbocycles. The summed E-state index contributed by atoms with van der Waals surface area (Å²) in [4.78, 5) is 23.7. The minimum Gasteiger partial charge on any atom is -0.344 e. The molecule has 0 unspecified atom stereocenters. The number of hydrogen-bond donors (Lipinski definition) is 0. The van der Waals surface area contributed by atoms with Gasteiger partial charge in [-0.05, 0) is 31.2 Å². The number of rotatable bonds is 3. The molecule has 2 aromatic rings. The number of carbonyl (C=O) groups excluding carboxylic acids is 1. The first-order valence-electron chi connectivity index (χ1n) is 10.5. The number of hydrogen-bond acceptors (Lipinski definition) is 5. The molecule has 3 fully saturated rings. The molecule has 6 heteroatoms. The van der Waals surface area contributed by atoms with Crippen LogP contribution in [-0.2, 0) is 28.9 Å². The lowest BCUT2D eigenvalue weighted by Crippen LogP contribution is -2.47. The summed E-state index contributed by atoms with van der Waals surface area (Å²) in [6.45, 7) is 2.50. The molecule has 1 amide bonds. The van der Waals surface area contributed by atoms with Crippen LogP contribution >= 0.6 is 11.3 Å². The Balaban J connectivity index is 1.25. The molecule has 4 aliphatic rings. The first kappa shape index (κ1) is 17.1. The van der Waals surface area contributed by atoms with Gasteiger partial charge >= 0.3 is 0 Å². The molecule has 3 atom stereocenters. The van der Waals surface area contributed by atoms with Crippen LogP contribution in [0.15, 0.2) is 30.3 Å². The lowest BCUT2D eigenvalue weighted by molar-refractivity contribution is -0.138. The standard InChI is InChI=1S/C22H25N3O2S/c26-21-12-19-22(25(21)13-17(27-22)15-6-2-1-3-7-15)10-11-24(19)14-20-23-16-8-4-5-9-18(16)28-20/h1-3,6-7,17,19H,4-5,8-14H2/t17-,19-,22+/m1/s1. The van der Waals surface area contributed by atoms with E-state index < -0.39 is 5.72 Å². The van der Waals surface area contributed by atoms with Crippen LogP contribution < -0.4 is 0 Å². The van der Waals surface area contributed by atoms with Crippen molar-refractivity contribution in [3.8, 4) is 0 Å². The largest absolute Gasteiger partial charge is 0.344 e. The van der Waals surface area contributed by atoms with Crippen molar-refractivity contribution >= 4 is 17.2 Å². The summed E-state index contributed by atoms with van der Waals surface area (Å²) in [5.74, 6) is 0.242. The molecular formula is C22H25N3O2S. The lowest BCUT2D eigenvalue weighted by atomic mass is 10.0. The zero-order chi connectivity index (χ0) is 18.7. The molecule has 146 valence electrons. The van der Waals surface area contributed by atoms with Crippen LogP contribution in [0.3, 0.4) is 0 Å². The molecule has 6 rings (SSSR count). The lowest BCUT2D eigenvalue weighted by Gasteiger charge is -2.31. The van der Waals surface area contributed by atoms with Crippen LogP contribution in [0.25, 0.3) is 0 Å². The van der Waals surface area contributed by atoms with E-state index in [0.29, 0.717) is 13.0 Å². The van der Waals surface area contributed by atoms with Crippen molar-refractivity contribution in [2.75, 3.05) is 13.1 Å². The zero-order valence-corrected chi connectivity index (χ0v) is 16.8. The van der Waals surface area contributed by atoms with Gasteiger partial charge in [-0.3, -0.25) is 9.69 Å². The Kier molecular flexibility index (Phi) is 3.90. The number of aromatic nitrogens is 1. The molecule has 0 N–H and O–H groups in total. The Morgan fingerprint density at radius 2 is 2.07 bits per heavy atom. The number of ether oxygens (including phenoxy) is 1. The minimum absolute atomic E-state index is 0.0138. The molecule has 4 heterocycles. The summed E-state index contributed by atoms with van der Waals surface area (Å²) in [5, 5.41) is 1.22. The summed E-state index contributed by atoms with van der Waals surface area (Å²) in [6, 6.07) is 10.5. The highest BCUT2D eigenvalue weighted by Gasteiger charge is 2.64. The number of fused-ring (bicyclic) bond motifs is 1. The van der Waals surface area contributed by atoms with Crippen molar-refractivity contribution in [3.63, 3.8) is 0 Å². The quantitative estimate of drug-likeness (QED) is 0.800. The van der Waals surface area contributed by atoms with Gasteiger partial charge in [0.1, 0.15) is 11.1 Å². The van der Waals surface area contributed by atoms with Crippen molar-refractivity contribution in [2.24, 2.45) is 0 Å². The average Bonchev–Trinajstić information content (AvgIpc) is 3.44. The fourth-order valence-corrected chi connectivity index (χ4v) is 6.77. The fraction of sp³-hybridized carbons (Fsp3) is 0.545. The van der Waals surface area contributed by atoms with Crippen LogP contribution in [0.2, 0.25) is 0 Å². The third kappa shape index (κ3) is 2.51. The maximum atomic E-state index is 12.8. The van der Waals surface area contributed by atoms with Crippen molar-refractivity contribution in [1.82, 2.24) is 14.8 Å². The summed E-state index contributed by atoms with van der Waals surface area (Å²) in [7, 11) is 0. The van der Waals surface area contributed by atoms with Crippen LogP contribution in [0.4, 0.5) is 0 Å². The summed E-state index contributed by atoms with van der Waals surface area (Å²) in [6.07, 6.45) is 6.35. The van der Waals surface area contributed by atoms with E-state index in [1.807, 2.05) is 34.4 Å². The van der Waals surface area contributed by atoms with Crippen LogP contribution in [0.1, 0.15) is 52.9 Å². The Morgan fingerprint density at radius 3 is 2.93 bits per heavy atom. The van der Waals surface area contributed by atoms with Crippen molar-refractivity contribution in [2.45, 2.75) is 62.9 Å². The Hall–Kier alpha value is -1.76. The van der Waals surface area contributed by atoms with Gasteiger partial charge in [0.15, 0.2) is 5.72 Å². The van der Waals surface area contributed by atoms with Crippen molar-refractivity contribution < 1.29 is 9.53 Å². The van der Waals surface area contributed by atoms with Gasteiger partial charge in [-0.15, -0.1) is 11.3 Å². The zero-order valence-electron chi connectivity index (χ0n) is 16.0. The van der Waals surface area contributed by atoms with E-state index in [0.717, 1.165) is 25.9 Å². The van der Waals surface area contributed by atoms with E-state index in [4.69, 9.17) is 9.72 Å². The SMILES string of the molecule is O=C1C[C@H]2N(Cc3nc4c(s3)CCCC4)CC[C@]23O[C@@H](c2ccccc2)CN13. The molecule has 3 aliphatic heterocycles. The van der Waals surface area contributed by atoms with Gasteiger partial charge in [-0.1, -0.05) is 30.3 Å². The predicted molar refractivity (Wildman–Crippen MR) is 107 cm³/mol. The molecule has 3 saturated heterocycles. The Labute approximate surface area is 169 Å². The van der Waals surface area contributed by atoms with Crippen LogP contribution in [-0.4, -0.2) is 45.5 Å². The molecule has 28 heavy (non-hydrogen) atoms. The number of nitrogens with zero attached hydrogens (tertiary/aromatic N) is 3. The van der Waals surface area contributed by atoms with E-state index in [9.17, 15) is 4.79 Å². The van der Waals surface area contributed by atoms with Crippen LogP contribution in [0, 0.1) is 0 Å². The van der Waals surface area contributed by atoms with E-state index in [2.05, 4.69) is 17.0 Å². The van der Waals surface area contributed by atoms with Gasteiger partial charge in [-0.2, -0.15) is 0 Å². The molecule has 0 bridgehead atoms. The second-order valence-electron chi connectivity index (χ2n) is 8.49. The van der Waals surface area contributed by atoms with E-state index in [1.165, 1.54) is 40.4 Å². The number of benzene rings is 1. The van der Waals surface area contributed by atoms with E-state index in [1.54, 1.807) is 0 Å². The number of likely N-dealkylation sites (tertiary alicyclic amines) is 1. The van der Waals surface area contributed by atoms with Gasteiger partial charge in [-0.25, -0.2) is 4.98 Å². The Morgan fingerprint density at radius 1 is 1.21 bits per heavy atom. The first-order valence-corrected chi connectivity index (χ1v) is 11.3. The van der Waals surface area contributed by atoms with Crippen LogP contribution in [0.5, 0.6) is 0 Å². The molecule has 1 aromatic heterocycles. The predicted octanol–water partition coefficient (Wildman–Crippen LogP) is 3.30. The molecule has 1 spiro atoms. The summed E-state index contributed by atoms with van der Waals surface area (Å²) >= 11 is 1.89. The van der Waals surface area contributed by atoms with E-state index in [-0.39, 0.29) is 18.1 Å². The third-order valence-electron chi connectivity index (χ3n) is 6.94. The summed E-state index contributed by atoms with van der Waals surface area (Å²) < 4.78 is 6.65. The third-order valence-corrected chi connectivity index (χ3v) is 8.08. The maximum absolute atomic E-state index is 12.8. The molecule has 5 nitrogen and oxygen atoms in total. The second-order valence-corrected chi connectivity index (χ2v) is 9.66. The molecular weight excluding hydrogens is 370 g/mol. The number of carbonyl (C=O) groups is 1. The first-order chi connectivity index (χ1) is 13.7. The molecule has 1 aliphatic carbocycles. The van der Waals surface area contributed by atoms with Gasteiger partial charge in [0.2, 0.25) is 5.91 Å². The van der Waals surface area contributed by atoms with Gasteiger partial charge in [0.25, 0.3) is 0 Å². The highest BCUT2D eigenvalue weighted by atomic mass is 32.1. The van der Waals surface area contributed by atoms with E-state index >= 15 is 0 Å². The topological polar surface area (TPSA) is 45.7 Å². The summed E-state index contributed by atoms with van der Waals surface area (Å²) in [5.41, 5.74) is 2.06. The van der Waals surface area contributed by atoms with Gasteiger partial charge in [0.05, 0.1) is 24.8 Å². The van der Waals surface area contributed by atoms with Crippen molar-refractivity contribution in [3.05, 3.63) is 51.5 Å². The fourth-order valence-electron chi connectivity index (χ4n) is 5.59. The monoisotopic (exact) mass is 395 g/mol.